The van der Waals surface area contributed by atoms with Gasteiger partial charge in [0, 0.05) is 12.2 Å². The van der Waals surface area contributed by atoms with E-state index in [0.29, 0.717) is 0 Å². The van der Waals surface area contributed by atoms with Crippen molar-refractivity contribution < 1.29 is 28.7 Å². The van der Waals surface area contributed by atoms with Crippen LogP contribution in [0.3, 0.4) is 0 Å². The van der Waals surface area contributed by atoms with Crippen LogP contribution in [0.1, 0.15) is 31.8 Å². The van der Waals surface area contributed by atoms with Gasteiger partial charge in [0.05, 0.1) is 11.1 Å². The average molecular weight is 426 g/mol. The van der Waals surface area contributed by atoms with E-state index in [1.807, 2.05) is 12.1 Å². The molecule has 0 radical (unpaired) electrons. The highest BCUT2D eigenvalue weighted by atomic mass is 16.6. The average Bonchev–Trinajstić information content (AvgIpc) is 2.82. The fraction of sp³-hybridized carbons (Fsp3) is 0. The summed E-state index contributed by atoms with van der Waals surface area (Å²) in [6.07, 6.45) is 5.19. The molecule has 0 aliphatic rings. The lowest BCUT2D eigenvalue weighted by molar-refractivity contribution is -0.133. The van der Waals surface area contributed by atoms with Crippen LogP contribution in [0.25, 0.3) is 12.2 Å². The first-order valence-electron chi connectivity index (χ1n) is 9.60. The summed E-state index contributed by atoms with van der Waals surface area (Å²) < 4.78 is 9.58. The summed E-state index contributed by atoms with van der Waals surface area (Å²) in [5, 5.41) is 0. The number of carbonyl (C=O) groups excluding carboxylic acids is 4. The Hall–Kier alpha value is -4.58. The second kappa shape index (κ2) is 11.0. The summed E-state index contributed by atoms with van der Waals surface area (Å²) in [5.41, 5.74) is 1.11. The second-order valence-electron chi connectivity index (χ2n) is 6.45. The number of carbonyl (C=O) groups is 4. The summed E-state index contributed by atoms with van der Waals surface area (Å²) in [4.78, 5) is 48.7. The molecular formula is C26H18O6. The van der Waals surface area contributed by atoms with Gasteiger partial charge in [-0.1, -0.05) is 72.8 Å². The standard InChI is InChI=1S/C26H18O6/c27-23(17-15-19-9-3-1-4-10-19)31-25(29)21-13-7-8-14-22(21)26(30)32-24(28)18-16-20-11-5-2-6-12-20/h1-18H. The Morgan fingerprint density at radius 3 is 1.22 bits per heavy atom. The molecule has 0 heterocycles. The molecule has 0 saturated heterocycles. The van der Waals surface area contributed by atoms with Crippen molar-refractivity contribution in [3.63, 3.8) is 0 Å². The Labute approximate surface area is 184 Å². The summed E-state index contributed by atoms with van der Waals surface area (Å²) in [7, 11) is 0. The van der Waals surface area contributed by atoms with E-state index in [1.165, 1.54) is 36.4 Å². The molecule has 158 valence electrons. The minimum atomic E-state index is -1.03. The molecule has 0 aromatic heterocycles. The molecule has 0 fully saturated rings. The van der Waals surface area contributed by atoms with Crippen molar-refractivity contribution >= 4 is 36.0 Å². The van der Waals surface area contributed by atoms with Gasteiger partial charge in [-0.15, -0.1) is 0 Å². The zero-order valence-corrected chi connectivity index (χ0v) is 16.8. The number of hydrogen-bond donors (Lipinski definition) is 0. The molecule has 0 aliphatic carbocycles. The van der Waals surface area contributed by atoms with Gasteiger partial charge in [0.25, 0.3) is 0 Å². The molecule has 0 N–H and O–H groups in total. The Morgan fingerprint density at radius 1 is 0.500 bits per heavy atom. The van der Waals surface area contributed by atoms with Gasteiger partial charge in [0.1, 0.15) is 0 Å². The first kappa shape index (κ1) is 22.1. The third-order valence-corrected chi connectivity index (χ3v) is 4.18. The Balaban J connectivity index is 1.65. The van der Waals surface area contributed by atoms with E-state index in [2.05, 4.69) is 0 Å². The maximum absolute atomic E-state index is 12.4. The van der Waals surface area contributed by atoms with Crippen molar-refractivity contribution in [3.05, 3.63) is 119 Å². The van der Waals surface area contributed by atoms with Crippen LogP contribution < -0.4 is 0 Å². The predicted molar refractivity (Wildman–Crippen MR) is 118 cm³/mol. The molecule has 0 amide bonds. The highest BCUT2D eigenvalue weighted by Gasteiger charge is 2.22. The minimum Gasteiger partial charge on any atom is -0.386 e. The number of esters is 4. The molecule has 32 heavy (non-hydrogen) atoms. The number of benzene rings is 3. The fourth-order valence-electron chi connectivity index (χ4n) is 2.66. The summed E-state index contributed by atoms with van der Waals surface area (Å²) in [6.45, 7) is 0. The summed E-state index contributed by atoms with van der Waals surface area (Å²) in [6, 6.07) is 23.6. The Bertz CT molecular complexity index is 1080. The summed E-state index contributed by atoms with van der Waals surface area (Å²) in [5.74, 6) is -3.87. The van der Waals surface area contributed by atoms with Gasteiger partial charge in [-0.2, -0.15) is 0 Å². The van der Waals surface area contributed by atoms with E-state index >= 15 is 0 Å². The van der Waals surface area contributed by atoms with Crippen molar-refractivity contribution in [1.82, 2.24) is 0 Å². The molecule has 0 saturated carbocycles. The third-order valence-electron chi connectivity index (χ3n) is 4.18. The number of hydrogen-bond acceptors (Lipinski definition) is 6. The largest absolute Gasteiger partial charge is 0.386 e. The normalized spacial score (nSPS) is 10.8. The topological polar surface area (TPSA) is 86.7 Å². The molecule has 0 atom stereocenters. The van der Waals surface area contributed by atoms with Crippen LogP contribution in [0.4, 0.5) is 0 Å². The molecule has 3 rings (SSSR count). The van der Waals surface area contributed by atoms with E-state index in [0.717, 1.165) is 23.3 Å². The van der Waals surface area contributed by atoms with Gasteiger partial charge in [-0.25, -0.2) is 19.2 Å². The quantitative estimate of drug-likeness (QED) is 0.328. The third kappa shape index (κ3) is 6.47. The van der Waals surface area contributed by atoms with Crippen LogP contribution in [0.5, 0.6) is 0 Å². The lowest BCUT2D eigenvalue weighted by Gasteiger charge is -2.06. The molecule has 0 unspecified atom stereocenters. The van der Waals surface area contributed by atoms with Crippen LogP contribution in [0.2, 0.25) is 0 Å². The monoisotopic (exact) mass is 426 g/mol. The highest BCUT2D eigenvalue weighted by Crippen LogP contribution is 2.13. The van der Waals surface area contributed by atoms with Crippen LogP contribution in [-0.4, -0.2) is 23.9 Å². The zero-order chi connectivity index (χ0) is 22.8. The van der Waals surface area contributed by atoms with Crippen molar-refractivity contribution in [3.8, 4) is 0 Å². The highest BCUT2D eigenvalue weighted by molar-refractivity contribution is 6.10. The van der Waals surface area contributed by atoms with E-state index < -0.39 is 23.9 Å². The van der Waals surface area contributed by atoms with Gasteiger partial charge in [-0.3, -0.25) is 0 Å². The first-order chi connectivity index (χ1) is 15.5. The molecule has 3 aromatic carbocycles. The van der Waals surface area contributed by atoms with Crippen molar-refractivity contribution in [2.45, 2.75) is 0 Å². The first-order valence-corrected chi connectivity index (χ1v) is 9.60. The summed E-state index contributed by atoms with van der Waals surface area (Å²) >= 11 is 0. The van der Waals surface area contributed by atoms with Gasteiger partial charge < -0.3 is 9.47 Å². The van der Waals surface area contributed by atoms with Crippen LogP contribution in [-0.2, 0) is 19.1 Å². The molecular weight excluding hydrogens is 408 g/mol. The zero-order valence-electron chi connectivity index (χ0n) is 16.8. The molecule has 0 spiro atoms. The number of ether oxygens (including phenoxy) is 2. The molecule has 3 aromatic rings. The van der Waals surface area contributed by atoms with Crippen molar-refractivity contribution in [2.24, 2.45) is 0 Å². The van der Waals surface area contributed by atoms with Crippen LogP contribution >= 0.6 is 0 Å². The van der Waals surface area contributed by atoms with Gasteiger partial charge in [0.15, 0.2) is 0 Å². The fourth-order valence-corrected chi connectivity index (χ4v) is 2.66. The molecule has 0 aliphatic heterocycles. The minimum absolute atomic E-state index is 0.196. The molecule has 6 heteroatoms. The van der Waals surface area contributed by atoms with Crippen LogP contribution in [0, 0.1) is 0 Å². The number of rotatable bonds is 6. The predicted octanol–water partition coefficient (Wildman–Crippen LogP) is 4.48. The molecule has 6 nitrogen and oxygen atoms in total. The van der Waals surface area contributed by atoms with E-state index in [1.54, 1.807) is 48.5 Å². The Kier molecular flexibility index (Phi) is 7.59. The van der Waals surface area contributed by atoms with Gasteiger partial charge >= 0.3 is 23.9 Å². The van der Waals surface area contributed by atoms with Crippen molar-refractivity contribution in [1.29, 1.82) is 0 Å². The van der Waals surface area contributed by atoms with Gasteiger partial charge in [0.2, 0.25) is 0 Å². The maximum Gasteiger partial charge on any atom is 0.346 e. The molecule has 0 bridgehead atoms. The van der Waals surface area contributed by atoms with Gasteiger partial charge in [-0.05, 0) is 35.4 Å². The maximum atomic E-state index is 12.4. The lowest BCUT2D eigenvalue weighted by atomic mass is 10.1. The van der Waals surface area contributed by atoms with E-state index in [9.17, 15) is 19.2 Å². The second-order valence-corrected chi connectivity index (χ2v) is 6.45. The lowest BCUT2D eigenvalue weighted by Crippen LogP contribution is -2.17. The SMILES string of the molecule is O=C(C=Cc1ccccc1)OC(=O)c1ccccc1C(=O)OC(=O)C=Cc1ccccc1. The van der Waals surface area contributed by atoms with Crippen molar-refractivity contribution in [2.75, 3.05) is 0 Å². The van der Waals surface area contributed by atoms with E-state index in [-0.39, 0.29) is 11.1 Å². The smallest absolute Gasteiger partial charge is 0.346 e. The Morgan fingerprint density at radius 2 is 0.844 bits per heavy atom. The van der Waals surface area contributed by atoms with E-state index in [4.69, 9.17) is 9.47 Å². The van der Waals surface area contributed by atoms with Crippen LogP contribution in [0.15, 0.2) is 97.1 Å².